The Morgan fingerprint density at radius 2 is 2.11 bits per heavy atom. The maximum absolute atomic E-state index is 13.2. The number of carbonyl (C=O) groups is 2. The Hall–Kier alpha value is -1.47. The molecule has 98 valence electrons. The first-order valence-corrected chi connectivity index (χ1v) is 5.91. The van der Waals surface area contributed by atoms with Crippen LogP contribution >= 0.6 is 15.9 Å². The molecule has 0 spiro atoms. The highest BCUT2D eigenvalue weighted by Gasteiger charge is 2.14. The molecule has 2 amide bonds. The van der Waals surface area contributed by atoms with E-state index < -0.39 is 23.7 Å². The second kappa shape index (κ2) is 6.46. The molecule has 0 saturated carbocycles. The largest absolute Gasteiger partial charge is 0.392 e. The Bertz CT molecular complexity index is 466. The van der Waals surface area contributed by atoms with Crippen molar-refractivity contribution in [3.8, 4) is 0 Å². The highest BCUT2D eigenvalue weighted by atomic mass is 79.9. The van der Waals surface area contributed by atoms with Crippen LogP contribution in [0.15, 0.2) is 22.7 Å². The van der Waals surface area contributed by atoms with E-state index in [9.17, 15) is 14.0 Å². The van der Waals surface area contributed by atoms with E-state index in [4.69, 9.17) is 5.11 Å². The molecule has 0 aliphatic heterocycles. The normalized spacial score (nSPS) is 11.8. The first-order chi connectivity index (χ1) is 8.40. The molecule has 0 fully saturated rings. The fourth-order valence-corrected chi connectivity index (χ4v) is 1.33. The average molecular weight is 319 g/mol. The summed E-state index contributed by atoms with van der Waals surface area (Å²) in [4.78, 5) is 22.6. The SMILES string of the molecule is CC(O)CNC(=O)C(=O)Nc1ccc(Br)c(F)c1. The summed E-state index contributed by atoms with van der Waals surface area (Å²) in [6.45, 7) is 1.45. The lowest BCUT2D eigenvalue weighted by Crippen LogP contribution is -2.38. The van der Waals surface area contributed by atoms with E-state index in [0.717, 1.165) is 6.07 Å². The molecule has 1 atom stereocenters. The Morgan fingerprint density at radius 1 is 1.44 bits per heavy atom. The Morgan fingerprint density at radius 3 is 2.67 bits per heavy atom. The van der Waals surface area contributed by atoms with Crippen LogP contribution in [0.25, 0.3) is 0 Å². The van der Waals surface area contributed by atoms with Gasteiger partial charge in [0, 0.05) is 12.2 Å². The molecule has 0 aromatic heterocycles. The fourth-order valence-electron chi connectivity index (χ4n) is 1.08. The van der Waals surface area contributed by atoms with Gasteiger partial charge in [0.15, 0.2) is 0 Å². The standard InChI is InChI=1S/C11H12BrFN2O3/c1-6(16)5-14-10(17)11(18)15-7-2-3-8(12)9(13)4-7/h2-4,6,16H,5H2,1H3,(H,14,17)(H,15,18). The van der Waals surface area contributed by atoms with Gasteiger partial charge in [0.1, 0.15) is 5.82 Å². The van der Waals surface area contributed by atoms with Crippen molar-refractivity contribution >= 4 is 33.4 Å². The molecule has 0 bridgehead atoms. The topological polar surface area (TPSA) is 78.4 Å². The van der Waals surface area contributed by atoms with Gasteiger partial charge in [-0.15, -0.1) is 0 Å². The lowest BCUT2D eigenvalue weighted by Gasteiger charge is -2.08. The number of halogens is 2. The van der Waals surface area contributed by atoms with Crippen molar-refractivity contribution in [2.45, 2.75) is 13.0 Å². The lowest BCUT2D eigenvalue weighted by molar-refractivity contribution is -0.136. The highest BCUT2D eigenvalue weighted by molar-refractivity contribution is 9.10. The smallest absolute Gasteiger partial charge is 0.313 e. The zero-order valence-electron chi connectivity index (χ0n) is 9.54. The third-order valence-corrected chi connectivity index (χ3v) is 2.58. The van der Waals surface area contributed by atoms with Crippen LogP contribution in [0.3, 0.4) is 0 Å². The van der Waals surface area contributed by atoms with Gasteiger partial charge in [-0.2, -0.15) is 0 Å². The van der Waals surface area contributed by atoms with Crippen LogP contribution in [-0.4, -0.2) is 29.6 Å². The molecule has 0 saturated heterocycles. The summed E-state index contributed by atoms with van der Waals surface area (Å²) in [5, 5.41) is 13.4. The van der Waals surface area contributed by atoms with Crippen LogP contribution < -0.4 is 10.6 Å². The molecule has 3 N–H and O–H groups in total. The van der Waals surface area contributed by atoms with Gasteiger partial charge in [0.25, 0.3) is 0 Å². The van der Waals surface area contributed by atoms with Crippen molar-refractivity contribution in [2.24, 2.45) is 0 Å². The van der Waals surface area contributed by atoms with Gasteiger partial charge in [-0.05, 0) is 41.1 Å². The van der Waals surface area contributed by atoms with Crippen molar-refractivity contribution < 1.29 is 19.1 Å². The molecule has 0 aliphatic rings. The number of aliphatic hydroxyl groups is 1. The fraction of sp³-hybridized carbons (Fsp3) is 0.273. The third-order valence-electron chi connectivity index (χ3n) is 1.94. The molecule has 0 heterocycles. The number of rotatable bonds is 3. The number of aliphatic hydroxyl groups excluding tert-OH is 1. The molecule has 5 nitrogen and oxygen atoms in total. The molecule has 0 aliphatic carbocycles. The van der Waals surface area contributed by atoms with E-state index in [1.165, 1.54) is 19.1 Å². The minimum atomic E-state index is -0.919. The van der Waals surface area contributed by atoms with Gasteiger partial charge >= 0.3 is 11.8 Å². The maximum Gasteiger partial charge on any atom is 0.313 e. The minimum Gasteiger partial charge on any atom is -0.392 e. The second-order valence-electron chi connectivity index (χ2n) is 3.64. The van der Waals surface area contributed by atoms with Gasteiger partial charge in [0.05, 0.1) is 10.6 Å². The van der Waals surface area contributed by atoms with Crippen LogP contribution in [0.4, 0.5) is 10.1 Å². The van der Waals surface area contributed by atoms with Gasteiger partial charge < -0.3 is 15.7 Å². The lowest BCUT2D eigenvalue weighted by atomic mass is 10.3. The predicted octanol–water partition coefficient (Wildman–Crippen LogP) is 1.02. The molecule has 1 aromatic rings. The average Bonchev–Trinajstić information content (AvgIpc) is 2.30. The van der Waals surface area contributed by atoms with Crippen molar-refractivity contribution in [1.29, 1.82) is 0 Å². The van der Waals surface area contributed by atoms with E-state index in [1.807, 2.05) is 0 Å². The van der Waals surface area contributed by atoms with Crippen LogP contribution in [-0.2, 0) is 9.59 Å². The zero-order chi connectivity index (χ0) is 13.7. The van der Waals surface area contributed by atoms with Crippen molar-refractivity contribution in [1.82, 2.24) is 5.32 Å². The molecule has 7 heteroatoms. The number of nitrogens with one attached hydrogen (secondary N) is 2. The number of carbonyl (C=O) groups excluding carboxylic acids is 2. The highest BCUT2D eigenvalue weighted by Crippen LogP contribution is 2.19. The van der Waals surface area contributed by atoms with Gasteiger partial charge in [-0.25, -0.2) is 4.39 Å². The summed E-state index contributed by atoms with van der Waals surface area (Å²) in [7, 11) is 0. The molecular formula is C11H12BrFN2O3. The Labute approximate surface area is 112 Å². The predicted molar refractivity (Wildman–Crippen MR) is 67.4 cm³/mol. The number of hydrogen-bond acceptors (Lipinski definition) is 3. The van der Waals surface area contributed by atoms with E-state index in [2.05, 4.69) is 26.6 Å². The first kappa shape index (κ1) is 14.6. The van der Waals surface area contributed by atoms with E-state index >= 15 is 0 Å². The van der Waals surface area contributed by atoms with E-state index in [0.29, 0.717) is 0 Å². The third kappa shape index (κ3) is 4.42. The molecule has 1 unspecified atom stereocenters. The first-order valence-electron chi connectivity index (χ1n) is 5.12. The summed E-state index contributed by atoms with van der Waals surface area (Å²) in [5.74, 6) is -2.35. The second-order valence-corrected chi connectivity index (χ2v) is 4.50. The van der Waals surface area contributed by atoms with Crippen LogP contribution in [0.1, 0.15) is 6.92 Å². The minimum absolute atomic E-state index is 0.0268. The van der Waals surface area contributed by atoms with Gasteiger partial charge in [-0.3, -0.25) is 9.59 Å². The molecule has 18 heavy (non-hydrogen) atoms. The summed E-state index contributed by atoms with van der Waals surface area (Å²) >= 11 is 2.97. The van der Waals surface area contributed by atoms with Gasteiger partial charge in [-0.1, -0.05) is 0 Å². The zero-order valence-corrected chi connectivity index (χ0v) is 11.1. The van der Waals surface area contributed by atoms with Crippen molar-refractivity contribution in [2.75, 3.05) is 11.9 Å². The number of amides is 2. The quantitative estimate of drug-likeness (QED) is 0.728. The Balaban J connectivity index is 2.58. The summed E-state index contributed by atoms with van der Waals surface area (Å²) in [6, 6.07) is 3.95. The number of anilines is 1. The molecule has 0 radical (unpaired) electrons. The van der Waals surface area contributed by atoms with Crippen LogP contribution in [0, 0.1) is 5.82 Å². The molecule has 1 rings (SSSR count). The van der Waals surface area contributed by atoms with Crippen molar-refractivity contribution in [3.05, 3.63) is 28.5 Å². The van der Waals surface area contributed by atoms with Crippen LogP contribution in [0.2, 0.25) is 0 Å². The van der Waals surface area contributed by atoms with E-state index in [1.54, 1.807) is 0 Å². The summed E-state index contributed by atoms with van der Waals surface area (Å²) in [5.41, 5.74) is 0.174. The van der Waals surface area contributed by atoms with E-state index in [-0.39, 0.29) is 16.7 Å². The maximum atomic E-state index is 13.2. The monoisotopic (exact) mass is 318 g/mol. The summed E-state index contributed by atoms with van der Waals surface area (Å²) < 4.78 is 13.4. The van der Waals surface area contributed by atoms with Gasteiger partial charge in [0.2, 0.25) is 0 Å². The Kier molecular flexibility index (Phi) is 5.24. The molecular weight excluding hydrogens is 307 g/mol. The number of hydrogen-bond donors (Lipinski definition) is 3. The number of benzene rings is 1. The molecule has 1 aromatic carbocycles. The van der Waals surface area contributed by atoms with Crippen molar-refractivity contribution in [3.63, 3.8) is 0 Å². The summed E-state index contributed by atoms with van der Waals surface area (Å²) in [6.07, 6.45) is -0.744. The van der Waals surface area contributed by atoms with Crippen LogP contribution in [0.5, 0.6) is 0 Å².